The van der Waals surface area contributed by atoms with E-state index < -0.39 is 0 Å². The van der Waals surface area contributed by atoms with Gasteiger partial charge in [-0.2, -0.15) is 0 Å². The van der Waals surface area contributed by atoms with E-state index in [-0.39, 0.29) is 5.71 Å². The van der Waals surface area contributed by atoms with Gasteiger partial charge < -0.3 is 10.4 Å². The van der Waals surface area contributed by atoms with Crippen LogP contribution >= 0.6 is 11.6 Å². The average molecular weight is 226 g/mol. The number of benzene rings is 1. The van der Waals surface area contributed by atoms with Gasteiger partial charge in [-0.3, -0.25) is 0 Å². The number of hydrogen-bond donors (Lipinski definition) is 2. The molecule has 0 aliphatic rings. The van der Waals surface area contributed by atoms with Gasteiger partial charge in [-0.1, -0.05) is 21.9 Å². The standard InChI is InChI=1S/C9H8ClN3O2/c10-7-1-3-8(4-2-7)13-9(5-11-14)6-12-15/h1-6,14-15H/b11-5+,12-6+. The summed E-state index contributed by atoms with van der Waals surface area (Å²) in [6.07, 6.45) is 2.10. The molecule has 0 atom stereocenters. The summed E-state index contributed by atoms with van der Waals surface area (Å²) in [6, 6.07) is 6.70. The summed E-state index contributed by atoms with van der Waals surface area (Å²) in [7, 11) is 0. The van der Waals surface area contributed by atoms with Crippen molar-refractivity contribution in [1.29, 1.82) is 0 Å². The highest BCUT2D eigenvalue weighted by atomic mass is 35.5. The fourth-order valence-electron chi connectivity index (χ4n) is 0.874. The highest BCUT2D eigenvalue weighted by Crippen LogP contribution is 2.15. The Labute approximate surface area is 91.0 Å². The lowest BCUT2D eigenvalue weighted by molar-refractivity contribution is 0.321. The smallest absolute Gasteiger partial charge is 0.107 e. The summed E-state index contributed by atoms with van der Waals surface area (Å²) in [5, 5.41) is 22.8. The van der Waals surface area contributed by atoms with Crippen molar-refractivity contribution in [2.75, 3.05) is 0 Å². The molecule has 0 saturated heterocycles. The van der Waals surface area contributed by atoms with Crippen LogP contribution in [-0.2, 0) is 0 Å². The Balaban J connectivity index is 2.96. The van der Waals surface area contributed by atoms with Gasteiger partial charge in [0.2, 0.25) is 0 Å². The number of oxime groups is 2. The van der Waals surface area contributed by atoms with Gasteiger partial charge in [0, 0.05) is 5.02 Å². The molecule has 78 valence electrons. The molecule has 15 heavy (non-hydrogen) atoms. The maximum atomic E-state index is 8.31. The molecule has 1 aromatic rings. The molecule has 1 rings (SSSR count). The van der Waals surface area contributed by atoms with Crippen LogP contribution in [0.4, 0.5) is 5.69 Å². The number of hydrogen-bond acceptors (Lipinski definition) is 5. The van der Waals surface area contributed by atoms with E-state index in [1.54, 1.807) is 24.3 Å². The third-order valence-electron chi connectivity index (χ3n) is 1.46. The SMILES string of the molecule is O/N=C/C(/C=N/O)=Nc1ccc(Cl)cc1. The van der Waals surface area contributed by atoms with Crippen LogP contribution in [0.1, 0.15) is 0 Å². The minimum atomic E-state index is 0.210. The second-order valence-corrected chi connectivity index (χ2v) is 2.94. The quantitative estimate of drug-likeness (QED) is 0.471. The molecule has 6 heteroatoms. The van der Waals surface area contributed by atoms with Gasteiger partial charge in [0.05, 0.1) is 18.1 Å². The first-order chi connectivity index (χ1) is 7.26. The summed E-state index contributed by atoms with van der Waals surface area (Å²) in [4.78, 5) is 4.02. The summed E-state index contributed by atoms with van der Waals surface area (Å²) >= 11 is 5.69. The second kappa shape index (κ2) is 5.77. The van der Waals surface area contributed by atoms with Crippen LogP contribution < -0.4 is 0 Å². The molecule has 0 saturated carbocycles. The van der Waals surface area contributed by atoms with Crippen molar-refractivity contribution >= 4 is 35.4 Å². The first-order valence-corrected chi connectivity index (χ1v) is 4.33. The molecule has 0 amide bonds. The Morgan fingerprint density at radius 3 is 2.07 bits per heavy atom. The molecular weight excluding hydrogens is 218 g/mol. The van der Waals surface area contributed by atoms with Crippen molar-refractivity contribution in [2.45, 2.75) is 0 Å². The summed E-state index contributed by atoms with van der Waals surface area (Å²) in [5.74, 6) is 0. The maximum Gasteiger partial charge on any atom is 0.107 e. The second-order valence-electron chi connectivity index (χ2n) is 2.50. The van der Waals surface area contributed by atoms with Crippen molar-refractivity contribution in [3.8, 4) is 0 Å². The minimum Gasteiger partial charge on any atom is -0.411 e. The summed E-state index contributed by atoms with van der Waals surface area (Å²) in [6.45, 7) is 0. The molecule has 0 spiro atoms. The largest absolute Gasteiger partial charge is 0.411 e. The van der Waals surface area contributed by atoms with Crippen LogP contribution in [-0.4, -0.2) is 28.6 Å². The van der Waals surface area contributed by atoms with Gasteiger partial charge in [0.1, 0.15) is 5.71 Å². The van der Waals surface area contributed by atoms with E-state index in [4.69, 9.17) is 22.0 Å². The minimum absolute atomic E-state index is 0.210. The molecule has 0 bridgehead atoms. The van der Waals surface area contributed by atoms with Crippen molar-refractivity contribution in [2.24, 2.45) is 15.3 Å². The molecule has 0 aromatic heterocycles. The van der Waals surface area contributed by atoms with Gasteiger partial charge in [0.15, 0.2) is 0 Å². The Morgan fingerprint density at radius 1 is 1.07 bits per heavy atom. The molecule has 1 aromatic carbocycles. The van der Waals surface area contributed by atoms with E-state index in [1.165, 1.54) is 0 Å². The van der Waals surface area contributed by atoms with Crippen LogP contribution in [0.5, 0.6) is 0 Å². The molecule has 5 nitrogen and oxygen atoms in total. The average Bonchev–Trinajstić information content (AvgIpc) is 2.22. The number of rotatable bonds is 3. The first kappa shape index (κ1) is 11.2. The first-order valence-electron chi connectivity index (χ1n) is 3.95. The third kappa shape index (κ3) is 3.78. The van der Waals surface area contributed by atoms with Gasteiger partial charge >= 0.3 is 0 Å². The van der Waals surface area contributed by atoms with Crippen molar-refractivity contribution < 1.29 is 10.4 Å². The molecule has 2 N–H and O–H groups in total. The predicted octanol–water partition coefficient (Wildman–Crippen LogP) is 2.33. The Kier molecular flexibility index (Phi) is 4.30. The summed E-state index contributed by atoms with van der Waals surface area (Å²) in [5.41, 5.74) is 0.816. The van der Waals surface area contributed by atoms with Gasteiger partial charge in [-0.15, -0.1) is 0 Å². The highest BCUT2D eigenvalue weighted by Gasteiger charge is 1.94. The zero-order valence-electron chi connectivity index (χ0n) is 7.58. The van der Waals surface area contributed by atoms with E-state index in [9.17, 15) is 0 Å². The maximum absolute atomic E-state index is 8.31. The van der Waals surface area contributed by atoms with Crippen molar-refractivity contribution in [1.82, 2.24) is 0 Å². The number of aliphatic imine (C=N–C) groups is 1. The topological polar surface area (TPSA) is 77.5 Å². The fourth-order valence-corrected chi connectivity index (χ4v) is 1.00. The normalized spacial score (nSPS) is 11.0. The van der Waals surface area contributed by atoms with Crippen LogP contribution in [0, 0.1) is 0 Å². The highest BCUT2D eigenvalue weighted by molar-refractivity contribution is 6.56. The monoisotopic (exact) mass is 225 g/mol. The number of halogens is 1. The molecule has 0 unspecified atom stereocenters. The van der Waals surface area contributed by atoms with E-state index in [2.05, 4.69) is 15.3 Å². The lowest BCUT2D eigenvalue weighted by Crippen LogP contribution is -2.00. The van der Waals surface area contributed by atoms with Gasteiger partial charge in [-0.05, 0) is 24.3 Å². The predicted molar refractivity (Wildman–Crippen MR) is 59.1 cm³/mol. The third-order valence-corrected chi connectivity index (χ3v) is 1.72. The van der Waals surface area contributed by atoms with E-state index in [0.717, 1.165) is 12.4 Å². The van der Waals surface area contributed by atoms with Crippen LogP contribution in [0.2, 0.25) is 5.02 Å². The number of nitrogens with zero attached hydrogens (tertiary/aromatic N) is 3. The van der Waals surface area contributed by atoms with Gasteiger partial charge in [-0.25, -0.2) is 4.99 Å². The molecular formula is C9H8ClN3O2. The zero-order valence-corrected chi connectivity index (χ0v) is 8.33. The van der Waals surface area contributed by atoms with Crippen molar-refractivity contribution in [3.05, 3.63) is 29.3 Å². The Bertz CT molecular complexity index is 384. The van der Waals surface area contributed by atoms with Crippen molar-refractivity contribution in [3.63, 3.8) is 0 Å². The zero-order chi connectivity index (χ0) is 11.1. The van der Waals surface area contributed by atoms with Crippen LogP contribution in [0.15, 0.2) is 39.6 Å². The molecule has 0 aliphatic heterocycles. The van der Waals surface area contributed by atoms with E-state index in [0.29, 0.717) is 10.7 Å². The lowest BCUT2D eigenvalue weighted by atomic mass is 10.3. The Hall–Kier alpha value is -1.88. The molecule has 0 radical (unpaired) electrons. The fraction of sp³-hybridized carbons (Fsp3) is 0. The van der Waals surface area contributed by atoms with Gasteiger partial charge in [0.25, 0.3) is 0 Å². The Morgan fingerprint density at radius 2 is 1.60 bits per heavy atom. The summed E-state index contributed by atoms with van der Waals surface area (Å²) < 4.78 is 0. The lowest BCUT2D eigenvalue weighted by Gasteiger charge is -1.94. The van der Waals surface area contributed by atoms with E-state index >= 15 is 0 Å². The van der Waals surface area contributed by atoms with Crippen LogP contribution in [0.25, 0.3) is 0 Å². The van der Waals surface area contributed by atoms with E-state index in [1.807, 2.05) is 0 Å². The molecule has 0 heterocycles. The molecule has 0 aliphatic carbocycles. The van der Waals surface area contributed by atoms with Crippen LogP contribution in [0.3, 0.4) is 0 Å². The molecule has 0 fully saturated rings.